The van der Waals surface area contributed by atoms with Crippen LogP contribution in [0.5, 0.6) is 0 Å². The number of aryl methyl sites for hydroxylation is 1. The average Bonchev–Trinajstić information content (AvgIpc) is 3.18. The van der Waals surface area contributed by atoms with Crippen LogP contribution in [0.2, 0.25) is 0 Å². The third-order valence-corrected chi connectivity index (χ3v) is 5.56. The molecule has 0 aliphatic heterocycles. The molecule has 0 spiro atoms. The highest BCUT2D eigenvalue weighted by Crippen LogP contribution is 2.31. The molecule has 1 unspecified atom stereocenters. The predicted molar refractivity (Wildman–Crippen MR) is 95.1 cm³/mol. The zero-order chi connectivity index (χ0) is 19.3. The minimum Gasteiger partial charge on any atom is -0.296 e. The van der Waals surface area contributed by atoms with Gasteiger partial charge in [0.15, 0.2) is 5.65 Å². The first-order valence-electron chi connectivity index (χ1n) is 8.07. The van der Waals surface area contributed by atoms with Crippen molar-refractivity contribution in [1.82, 2.24) is 24.3 Å². The number of hydrogen-bond acceptors (Lipinski definition) is 4. The normalized spacial score (nSPS) is 13.5. The predicted octanol–water partition coefficient (Wildman–Crippen LogP) is 3.45. The van der Waals surface area contributed by atoms with E-state index in [1.165, 1.54) is 9.25 Å². The molecule has 27 heavy (non-hydrogen) atoms. The summed E-state index contributed by atoms with van der Waals surface area (Å²) >= 11 is 0. The van der Waals surface area contributed by atoms with Gasteiger partial charge < -0.3 is 0 Å². The van der Waals surface area contributed by atoms with Crippen LogP contribution >= 0.6 is 0 Å². The van der Waals surface area contributed by atoms with E-state index in [9.17, 15) is 17.4 Å². The van der Waals surface area contributed by atoms with Crippen molar-refractivity contribution in [3.8, 4) is 5.95 Å². The van der Waals surface area contributed by atoms with Crippen LogP contribution in [-0.4, -0.2) is 34.3 Å². The Morgan fingerprint density at radius 1 is 1.19 bits per heavy atom. The van der Waals surface area contributed by atoms with Gasteiger partial charge in [-0.2, -0.15) is 23.0 Å². The Kier molecular flexibility index (Phi) is 4.02. The average molecular weight is 393 g/mol. The van der Waals surface area contributed by atoms with Crippen LogP contribution in [-0.2, 0) is 24.0 Å². The molecule has 0 saturated carbocycles. The maximum absolute atomic E-state index is 13.0. The van der Waals surface area contributed by atoms with Crippen molar-refractivity contribution < 1.29 is 17.4 Å². The largest absolute Gasteiger partial charge is 0.417 e. The van der Waals surface area contributed by atoms with Gasteiger partial charge >= 0.3 is 6.18 Å². The molecule has 0 N–H and O–H groups in total. The maximum atomic E-state index is 13.0. The molecule has 0 aliphatic carbocycles. The zero-order valence-corrected chi connectivity index (χ0v) is 15.2. The first kappa shape index (κ1) is 17.7. The lowest BCUT2D eigenvalue weighted by Gasteiger charge is -2.06. The summed E-state index contributed by atoms with van der Waals surface area (Å²) in [6, 6.07) is 8.17. The van der Waals surface area contributed by atoms with Crippen molar-refractivity contribution in [2.75, 3.05) is 5.75 Å². The summed E-state index contributed by atoms with van der Waals surface area (Å²) in [5.41, 5.74) is 0.133. The van der Waals surface area contributed by atoms with E-state index in [0.717, 1.165) is 12.3 Å². The molecule has 0 bridgehead atoms. The SMILES string of the molecule is CCS(=O)c1c2ccccc2nn1-c1nc2cc(C(F)(F)F)cnc2n1C. The van der Waals surface area contributed by atoms with E-state index < -0.39 is 22.5 Å². The Morgan fingerprint density at radius 2 is 1.93 bits per heavy atom. The highest BCUT2D eigenvalue weighted by atomic mass is 32.2. The number of halogens is 3. The molecule has 10 heteroatoms. The molecular formula is C17H14F3N5OS. The van der Waals surface area contributed by atoms with Crippen molar-refractivity contribution >= 4 is 32.9 Å². The first-order valence-corrected chi connectivity index (χ1v) is 9.39. The Balaban J connectivity index is 2.00. The van der Waals surface area contributed by atoms with Crippen LogP contribution in [0.15, 0.2) is 41.6 Å². The van der Waals surface area contributed by atoms with Crippen molar-refractivity contribution in [3.05, 3.63) is 42.1 Å². The Hall–Kier alpha value is -2.75. The third-order valence-electron chi connectivity index (χ3n) is 4.21. The fourth-order valence-corrected chi connectivity index (χ4v) is 3.92. The number of hydrogen-bond donors (Lipinski definition) is 0. The fraction of sp³-hybridized carbons (Fsp3) is 0.235. The van der Waals surface area contributed by atoms with E-state index in [0.29, 0.717) is 21.7 Å². The molecule has 3 heterocycles. The standard InChI is InChI=1S/C17H14F3N5OS/c1-3-27(26)15-11-6-4-5-7-12(11)23-25(15)16-22-13-8-10(17(18,19)20)9-21-14(13)24(16)2/h4-9H,3H2,1-2H3. The number of pyridine rings is 1. The molecule has 0 fully saturated rings. The molecule has 0 saturated heterocycles. The van der Waals surface area contributed by atoms with E-state index in [-0.39, 0.29) is 17.1 Å². The van der Waals surface area contributed by atoms with Gasteiger partial charge in [0.25, 0.3) is 0 Å². The highest BCUT2D eigenvalue weighted by molar-refractivity contribution is 7.85. The molecule has 4 aromatic rings. The summed E-state index contributed by atoms with van der Waals surface area (Å²) in [7, 11) is 0.287. The molecule has 4 rings (SSSR count). The number of nitrogens with zero attached hydrogens (tertiary/aromatic N) is 5. The van der Waals surface area contributed by atoms with Gasteiger partial charge in [-0.3, -0.25) is 8.78 Å². The number of fused-ring (bicyclic) bond motifs is 2. The van der Waals surface area contributed by atoms with E-state index >= 15 is 0 Å². The fourth-order valence-electron chi connectivity index (χ4n) is 2.91. The monoisotopic (exact) mass is 393 g/mol. The Bertz CT molecular complexity index is 1190. The quantitative estimate of drug-likeness (QED) is 0.535. The topological polar surface area (TPSA) is 65.6 Å². The van der Waals surface area contributed by atoms with E-state index in [1.54, 1.807) is 20.0 Å². The lowest BCUT2D eigenvalue weighted by Crippen LogP contribution is -2.10. The van der Waals surface area contributed by atoms with Crippen LogP contribution in [0.3, 0.4) is 0 Å². The summed E-state index contributed by atoms with van der Waals surface area (Å²) in [4.78, 5) is 8.20. The number of aromatic nitrogens is 5. The number of imidazole rings is 1. The molecule has 3 aromatic heterocycles. The highest BCUT2D eigenvalue weighted by Gasteiger charge is 2.32. The van der Waals surface area contributed by atoms with Crippen LogP contribution in [0, 0.1) is 0 Å². The summed E-state index contributed by atoms with van der Waals surface area (Å²) in [6.07, 6.45) is -3.73. The van der Waals surface area contributed by atoms with Crippen LogP contribution < -0.4 is 0 Å². The zero-order valence-electron chi connectivity index (χ0n) is 14.4. The molecule has 1 atom stereocenters. The van der Waals surface area contributed by atoms with Crippen LogP contribution in [0.1, 0.15) is 12.5 Å². The maximum Gasteiger partial charge on any atom is 0.417 e. The molecule has 0 amide bonds. The van der Waals surface area contributed by atoms with E-state index in [1.807, 2.05) is 18.2 Å². The van der Waals surface area contributed by atoms with Gasteiger partial charge in [0.2, 0.25) is 5.95 Å². The second-order valence-corrected chi connectivity index (χ2v) is 7.56. The smallest absolute Gasteiger partial charge is 0.296 e. The summed E-state index contributed by atoms with van der Waals surface area (Å²) in [5.74, 6) is 0.626. The molecular weight excluding hydrogens is 379 g/mol. The lowest BCUT2D eigenvalue weighted by atomic mass is 10.2. The summed E-state index contributed by atoms with van der Waals surface area (Å²) in [5, 5.41) is 5.65. The summed E-state index contributed by atoms with van der Waals surface area (Å²) < 4.78 is 54.5. The molecule has 6 nitrogen and oxygen atoms in total. The number of rotatable bonds is 3. The second-order valence-electron chi connectivity index (χ2n) is 5.90. The van der Waals surface area contributed by atoms with Crippen molar-refractivity contribution in [2.45, 2.75) is 18.1 Å². The second kappa shape index (κ2) is 6.15. The Morgan fingerprint density at radius 3 is 2.63 bits per heavy atom. The Labute approximate surface area is 154 Å². The van der Waals surface area contributed by atoms with E-state index in [2.05, 4.69) is 15.1 Å². The van der Waals surface area contributed by atoms with Crippen molar-refractivity contribution in [2.24, 2.45) is 7.05 Å². The number of benzene rings is 1. The van der Waals surface area contributed by atoms with Gasteiger partial charge in [-0.05, 0) is 18.2 Å². The first-order chi connectivity index (χ1) is 12.8. The molecule has 0 aliphatic rings. The van der Waals surface area contributed by atoms with Gasteiger partial charge in [0.1, 0.15) is 10.5 Å². The molecule has 0 radical (unpaired) electrons. The van der Waals surface area contributed by atoms with E-state index in [4.69, 9.17) is 0 Å². The third kappa shape index (κ3) is 2.80. The van der Waals surface area contributed by atoms with Gasteiger partial charge in [-0.15, -0.1) is 0 Å². The van der Waals surface area contributed by atoms with Crippen LogP contribution in [0.4, 0.5) is 13.2 Å². The molecule has 1 aromatic carbocycles. The van der Waals surface area contributed by atoms with Gasteiger partial charge in [-0.25, -0.2) is 9.97 Å². The minimum absolute atomic E-state index is 0.0927. The van der Waals surface area contributed by atoms with Gasteiger partial charge in [0, 0.05) is 24.4 Å². The number of alkyl halides is 3. The van der Waals surface area contributed by atoms with Crippen molar-refractivity contribution in [1.29, 1.82) is 0 Å². The molecule has 140 valence electrons. The lowest BCUT2D eigenvalue weighted by molar-refractivity contribution is -0.137. The van der Waals surface area contributed by atoms with Crippen LogP contribution in [0.25, 0.3) is 28.0 Å². The van der Waals surface area contributed by atoms with Crippen molar-refractivity contribution in [3.63, 3.8) is 0 Å². The summed E-state index contributed by atoms with van der Waals surface area (Å²) in [6.45, 7) is 1.79. The minimum atomic E-state index is -4.51. The van der Waals surface area contributed by atoms with Gasteiger partial charge in [0.05, 0.1) is 21.9 Å². The van der Waals surface area contributed by atoms with Gasteiger partial charge in [-0.1, -0.05) is 19.1 Å².